The molecule has 0 amide bonds. The first kappa shape index (κ1) is 24.7. The lowest BCUT2D eigenvalue weighted by atomic mass is 9.98. The fourth-order valence-electron chi connectivity index (χ4n) is 3.71. The van der Waals surface area contributed by atoms with Gasteiger partial charge in [-0.05, 0) is 17.7 Å². The number of aliphatic hydroxyl groups is 4. The van der Waals surface area contributed by atoms with Gasteiger partial charge in [0.2, 0.25) is 5.90 Å². The van der Waals surface area contributed by atoms with Crippen molar-refractivity contribution in [2.24, 2.45) is 4.99 Å². The molecule has 0 aromatic heterocycles. The van der Waals surface area contributed by atoms with E-state index in [1.165, 1.54) is 0 Å². The topological polar surface area (TPSA) is 141 Å². The predicted molar refractivity (Wildman–Crippen MR) is 129 cm³/mol. The van der Waals surface area contributed by atoms with E-state index in [2.05, 4.69) is 10.3 Å². The van der Waals surface area contributed by atoms with Crippen molar-refractivity contribution in [2.45, 2.75) is 41.9 Å². The van der Waals surface area contributed by atoms with E-state index >= 15 is 0 Å². The number of rotatable bonds is 6. The Morgan fingerprint density at radius 1 is 1.03 bits per heavy atom. The van der Waals surface area contributed by atoms with E-state index < -0.39 is 54.5 Å². The van der Waals surface area contributed by atoms with Crippen molar-refractivity contribution in [2.75, 3.05) is 6.61 Å². The Bertz CT molecular complexity index is 1040. The number of carbonyl (C=O) groups is 1. The maximum absolute atomic E-state index is 12.8. The monoisotopic (exact) mass is 504 g/mol. The number of hydrogen-bond acceptors (Lipinski definition) is 10. The summed E-state index contributed by atoms with van der Waals surface area (Å²) in [6.07, 6.45) is -6.76. The number of aliphatic imine (C=N–C) groups is 1. The third-order valence-electron chi connectivity index (χ3n) is 5.52. The third-order valence-corrected chi connectivity index (χ3v) is 7.04. The van der Waals surface area contributed by atoms with Crippen molar-refractivity contribution in [3.8, 4) is 0 Å². The molecule has 0 aliphatic carbocycles. The van der Waals surface area contributed by atoms with E-state index in [-0.39, 0.29) is 10.2 Å². The van der Waals surface area contributed by atoms with E-state index in [4.69, 9.17) is 21.7 Å². The molecule has 2 aromatic carbocycles. The standard InChI is InChI=1S/C23H24N2O7S2/c26-11-14-16(27)17(28)18(29)21(31-14)25-23(33)34-19(12-7-3-1-4-8-12)15-22(30)32-20(24-15)13-9-5-2-6-10-13/h1-10,14-19,21,26-29H,11H2,(H,25,33)/t14-,15-,16-,17+,18-,19+,21-/m1/s1. The molecule has 2 aliphatic rings. The number of nitrogens with zero attached hydrogens (tertiary/aromatic N) is 1. The van der Waals surface area contributed by atoms with E-state index in [0.29, 0.717) is 5.56 Å². The molecular weight excluding hydrogens is 480 g/mol. The summed E-state index contributed by atoms with van der Waals surface area (Å²) < 4.78 is 11.1. The highest BCUT2D eigenvalue weighted by Crippen LogP contribution is 2.37. The van der Waals surface area contributed by atoms with Crippen molar-refractivity contribution in [3.05, 3.63) is 71.8 Å². The van der Waals surface area contributed by atoms with Crippen LogP contribution in [0.1, 0.15) is 16.4 Å². The van der Waals surface area contributed by atoms with Crippen LogP contribution in [0.3, 0.4) is 0 Å². The van der Waals surface area contributed by atoms with Gasteiger partial charge in [0.1, 0.15) is 28.7 Å². The largest absolute Gasteiger partial charge is 0.406 e. The van der Waals surface area contributed by atoms with E-state index in [1.807, 2.05) is 48.5 Å². The molecule has 4 rings (SSSR count). The Morgan fingerprint density at radius 3 is 2.32 bits per heavy atom. The number of thiocarbonyl (C=S) groups is 1. The number of aliphatic hydroxyl groups excluding tert-OH is 4. The molecule has 0 unspecified atom stereocenters. The van der Waals surface area contributed by atoms with Crippen molar-refractivity contribution in [1.82, 2.24) is 5.32 Å². The smallest absolute Gasteiger partial charge is 0.339 e. The number of carbonyl (C=O) groups excluding carboxylic acids is 1. The van der Waals surface area contributed by atoms with Crippen molar-refractivity contribution in [3.63, 3.8) is 0 Å². The lowest BCUT2D eigenvalue weighted by Gasteiger charge is -2.40. The van der Waals surface area contributed by atoms with Gasteiger partial charge in [-0.3, -0.25) is 0 Å². The van der Waals surface area contributed by atoms with Gasteiger partial charge in [-0.15, -0.1) is 0 Å². The van der Waals surface area contributed by atoms with Crippen LogP contribution in [0.25, 0.3) is 0 Å². The molecule has 34 heavy (non-hydrogen) atoms. The normalized spacial score (nSPS) is 29.8. The average molecular weight is 505 g/mol. The Balaban J connectivity index is 1.54. The van der Waals surface area contributed by atoms with E-state index in [1.54, 1.807) is 12.1 Å². The van der Waals surface area contributed by atoms with Crippen LogP contribution >= 0.6 is 24.0 Å². The first-order valence-corrected chi connectivity index (χ1v) is 11.9. The Hall–Kier alpha value is -2.38. The summed E-state index contributed by atoms with van der Waals surface area (Å²) in [7, 11) is 0. The van der Waals surface area contributed by atoms with E-state index in [9.17, 15) is 25.2 Å². The molecule has 1 fully saturated rings. The van der Waals surface area contributed by atoms with Crippen LogP contribution in [-0.4, -0.2) is 79.9 Å². The van der Waals surface area contributed by atoms with Crippen LogP contribution in [-0.2, 0) is 14.3 Å². The number of nitrogens with one attached hydrogen (secondary N) is 1. The van der Waals surface area contributed by atoms with Crippen LogP contribution in [0.15, 0.2) is 65.7 Å². The van der Waals surface area contributed by atoms with Gasteiger partial charge in [0.05, 0.1) is 11.9 Å². The van der Waals surface area contributed by atoms with Crippen LogP contribution in [0, 0.1) is 0 Å². The summed E-state index contributed by atoms with van der Waals surface area (Å²) in [6.45, 7) is -0.555. The Labute approximate surface area is 205 Å². The second-order valence-electron chi connectivity index (χ2n) is 7.80. The van der Waals surface area contributed by atoms with Gasteiger partial charge in [-0.25, -0.2) is 9.79 Å². The minimum Gasteiger partial charge on any atom is -0.406 e. The molecule has 2 aliphatic heterocycles. The number of esters is 1. The molecule has 180 valence electrons. The van der Waals surface area contributed by atoms with Gasteiger partial charge in [0.25, 0.3) is 0 Å². The minimum absolute atomic E-state index is 0.161. The second-order valence-corrected chi connectivity index (χ2v) is 9.62. The fraction of sp³-hybridized carbons (Fsp3) is 0.348. The number of thioether (sulfide) groups is 1. The van der Waals surface area contributed by atoms with Crippen molar-refractivity contribution in [1.29, 1.82) is 0 Å². The molecule has 1 saturated heterocycles. The highest BCUT2D eigenvalue weighted by atomic mass is 32.2. The highest BCUT2D eigenvalue weighted by molar-refractivity contribution is 8.23. The summed E-state index contributed by atoms with van der Waals surface area (Å²) in [5.74, 6) is -0.291. The molecule has 11 heteroatoms. The zero-order valence-electron chi connectivity index (χ0n) is 17.8. The zero-order valence-corrected chi connectivity index (χ0v) is 19.4. The second kappa shape index (κ2) is 10.9. The maximum atomic E-state index is 12.8. The number of ether oxygens (including phenoxy) is 2. The first-order chi connectivity index (χ1) is 16.4. The minimum atomic E-state index is -1.54. The van der Waals surface area contributed by atoms with Gasteiger partial charge in [-0.2, -0.15) is 0 Å². The Morgan fingerprint density at radius 2 is 1.68 bits per heavy atom. The molecule has 9 nitrogen and oxygen atoms in total. The van der Waals surface area contributed by atoms with Crippen molar-refractivity contribution >= 4 is 40.2 Å². The summed E-state index contributed by atoms with van der Waals surface area (Å²) in [5, 5.41) is 41.9. The van der Waals surface area contributed by atoms with Gasteiger partial charge in [0.15, 0.2) is 12.3 Å². The predicted octanol–water partition coefficient (Wildman–Crippen LogP) is 0.507. The van der Waals surface area contributed by atoms with Crippen molar-refractivity contribution < 1.29 is 34.7 Å². The number of benzene rings is 2. The number of hydrogen-bond donors (Lipinski definition) is 5. The van der Waals surface area contributed by atoms with Gasteiger partial charge in [-0.1, -0.05) is 72.5 Å². The SMILES string of the molecule is O=C1OC(c2ccccc2)=N[C@@H]1[C@@H](SC(=S)N[C@@H]1O[C@H](CO)[C@@H](O)[C@H](O)[C@H]1O)c1ccccc1. The van der Waals surface area contributed by atoms with Gasteiger partial charge >= 0.3 is 5.97 Å². The first-order valence-electron chi connectivity index (χ1n) is 10.6. The lowest BCUT2D eigenvalue weighted by molar-refractivity contribution is -0.232. The van der Waals surface area contributed by atoms with Crippen LogP contribution in [0.5, 0.6) is 0 Å². The van der Waals surface area contributed by atoms with Crippen LogP contribution < -0.4 is 5.32 Å². The molecule has 5 N–H and O–H groups in total. The summed E-state index contributed by atoms with van der Waals surface area (Å²) in [5.41, 5.74) is 1.46. The van der Waals surface area contributed by atoms with Crippen LogP contribution in [0.2, 0.25) is 0 Å². The molecule has 0 radical (unpaired) electrons. The quantitative estimate of drug-likeness (QED) is 0.279. The summed E-state index contributed by atoms with van der Waals surface area (Å²) in [4.78, 5) is 17.3. The third kappa shape index (κ3) is 5.31. The number of cyclic esters (lactones) is 1. The molecule has 7 atom stereocenters. The van der Waals surface area contributed by atoms with Gasteiger partial charge < -0.3 is 35.2 Å². The molecule has 2 heterocycles. The molecule has 2 aromatic rings. The van der Waals surface area contributed by atoms with Gasteiger partial charge in [0, 0.05) is 5.56 Å². The van der Waals surface area contributed by atoms with E-state index in [0.717, 1.165) is 17.3 Å². The maximum Gasteiger partial charge on any atom is 0.339 e. The highest BCUT2D eigenvalue weighted by Gasteiger charge is 2.44. The lowest BCUT2D eigenvalue weighted by Crippen LogP contribution is -2.62. The molecular formula is C23H24N2O7S2. The molecule has 0 saturated carbocycles. The fourth-order valence-corrected chi connectivity index (χ4v) is 5.15. The zero-order chi connectivity index (χ0) is 24.2. The average Bonchev–Trinajstić information content (AvgIpc) is 3.25. The Kier molecular flexibility index (Phi) is 7.94. The summed E-state index contributed by atoms with van der Waals surface area (Å²) in [6, 6.07) is 17.4. The van der Waals surface area contributed by atoms with Crippen LogP contribution in [0.4, 0.5) is 0 Å². The molecule has 0 bridgehead atoms. The molecule has 0 spiro atoms. The summed E-state index contributed by atoms with van der Waals surface area (Å²) >= 11 is 6.57.